The molecule has 0 saturated heterocycles. The van der Waals surface area contributed by atoms with Gasteiger partial charge in [0.15, 0.2) is 5.58 Å². The number of aromatic nitrogens is 1. The Bertz CT molecular complexity index is 668. The van der Waals surface area contributed by atoms with E-state index in [1.54, 1.807) is 23.5 Å². The number of halogens is 2. The van der Waals surface area contributed by atoms with Crippen molar-refractivity contribution in [3.8, 4) is 10.8 Å². The lowest BCUT2D eigenvalue weighted by Crippen LogP contribution is -1.84. The molecule has 0 fully saturated rings. The van der Waals surface area contributed by atoms with Gasteiger partial charge in [-0.15, -0.1) is 11.3 Å². The normalized spacial score (nSPS) is 11.2. The van der Waals surface area contributed by atoms with Crippen LogP contribution in [0, 0.1) is 0 Å². The third kappa shape index (κ3) is 1.94. The first kappa shape index (κ1) is 11.1. The number of benzene rings is 1. The summed E-state index contributed by atoms with van der Waals surface area (Å²) >= 11 is 10.9. The number of nitrogens with two attached hydrogens (primary N) is 1. The summed E-state index contributed by atoms with van der Waals surface area (Å²) < 4.78 is 6.68. The molecule has 86 valence electrons. The largest absolute Gasteiger partial charge is 0.435 e. The average molecular weight is 330 g/mol. The maximum absolute atomic E-state index is 5.94. The van der Waals surface area contributed by atoms with E-state index < -0.39 is 0 Å². The third-order valence-electron chi connectivity index (χ3n) is 2.29. The average Bonchev–Trinajstić information content (AvgIpc) is 2.85. The Balaban J connectivity index is 2.19. The molecule has 2 heterocycles. The van der Waals surface area contributed by atoms with Crippen LogP contribution in [0.25, 0.3) is 21.9 Å². The predicted octanol–water partition coefficient (Wildman–Crippen LogP) is 4.55. The monoisotopic (exact) mass is 328 g/mol. The number of nitrogens with zero attached hydrogens (tertiary/aromatic N) is 1. The van der Waals surface area contributed by atoms with Gasteiger partial charge in [-0.1, -0.05) is 11.6 Å². The van der Waals surface area contributed by atoms with Gasteiger partial charge in [0.1, 0.15) is 5.52 Å². The van der Waals surface area contributed by atoms with Gasteiger partial charge in [-0.2, -0.15) is 0 Å². The molecule has 2 aromatic heterocycles. The highest BCUT2D eigenvalue weighted by Crippen LogP contribution is 2.34. The molecule has 0 unspecified atom stereocenters. The van der Waals surface area contributed by atoms with E-state index >= 15 is 0 Å². The molecule has 0 radical (unpaired) electrons. The summed E-state index contributed by atoms with van der Waals surface area (Å²) in [5.74, 6) is 0.581. The molecule has 3 rings (SSSR count). The first-order valence-corrected chi connectivity index (χ1v) is 6.73. The van der Waals surface area contributed by atoms with Crippen LogP contribution in [-0.4, -0.2) is 4.98 Å². The van der Waals surface area contributed by atoms with Gasteiger partial charge in [0.2, 0.25) is 5.89 Å². The molecule has 0 amide bonds. The summed E-state index contributed by atoms with van der Waals surface area (Å²) in [6.45, 7) is 0. The fourth-order valence-electron chi connectivity index (χ4n) is 1.50. The van der Waals surface area contributed by atoms with Crippen molar-refractivity contribution in [3.05, 3.63) is 33.1 Å². The number of thiophene rings is 1. The second-order valence-corrected chi connectivity index (χ2v) is 6.33. The van der Waals surface area contributed by atoms with E-state index in [1.165, 1.54) is 0 Å². The maximum atomic E-state index is 5.94. The standard InChI is InChI=1S/C11H6BrClN2OS/c12-10-2-1-9(17-10)11-15-7-3-5(13)6(14)4-8(7)16-11/h1-4H,14H2. The first-order chi connectivity index (χ1) is 8.13. The van der Waals surface area contributed by atoms with Crippen LogP contribution in [0.3, 0.4) is 0 Å². The zero-order valence-corrected chi connectivity index (χ0v) is 11.6. The zero-order chi connectivity index (χ0) is 12.0. The molecule has 3 nitrogen and oxygen atoms in total. The minimum atomic E-state index is 0.490. The molecule has 0 atom stereocenters. The highest BCUT2D eigenvalue weighted by atomic mass is 79.9. The van der Waals surface area contributed by atoms with Crippen molar-refractivity contribution in [2.75, 3.05) is 5.73 Å². The summed E-state index contributed by atoms with van der Waals surface area (Å²) in [5, 5.41) is 0.490. The van der Waals surface area contributed by atoms with Gasteiger partial charge in [-0.05, 0) is 34.1 Å². The molecule has 3 aromatic rings. The molecule has 0 aliphatic rings. The Morgan fingerprint density at radius 3 is 2.88 bits per heavy atom. The third-order valence-corrected chi connectivity index (χ3v) is 4.23. The Labute approximate surface area is 114 Å². The van der Waals surface area contributed by atoms with Crippen molar-refractivity contribution in [3.63, 3.8) is 0 Å². The lowest BCUT2D eigenvalue weighted by Gasteiger charge is -1.94. The van der Waals surface area contributed by atoms with Crippen molar-refractivity contribution in [2.24, 2.45) is 0 Å². The van der Waals surface area contributed by atoms with Gasteiger partial charge >= 0.3 is 0 Å². The molecular weight excluding hydrogens is 324 g/mol. The van der Waals surface area contributed by atoms with Crippen molar-refractivity contribution in [1.82, 2.24) is 4.98 Å². The number of fused-ring (bicyclic) bond motifs is 1. The Morgan fingerprint density at radius 1 is 1.35 bits per heavy atom. The lowest BCUT2D eigenvalue weighted by molar-refractivity contribution is 0.622. The summed E-state index contributed by atoms with van der Waals surface area (Å²) in [5.41, 5.74) is 7.56. The highest BCUT2D eigenvalue weighted by Gasteiger charge is 2.11. The molecular formula is C11H6BrClN2OS. The van der Waals surface area contributed by atoms with Crippen LogP contribution in [0.1, 0.15) is 0 Å². The van der Waals surface area contributed by atoms with Gasteiger partial charge in [0.05, 0.1) is 19.4 Å². The predicted molar refractivity (Wildman–Crippen MR) is 74.4 cm³/mol. The minimum Gasteiger partial charge on any atom is -0.435 e. The molecule has 0 saturated carbocycles. The molecule has 0 aliphatic heterocycles. The smallest absolute Gasteiger partial charge is 0.237 e. The topological polar surface area (TPSA) is 52.0 Å². The Morgan fingerprint density at radius 2 is 2.18 bits per heavy atom. The maximum Gasteiger partial charge on any atom is 0.237 e. The Kier molecular flexibility index (Phi) is 2.61. The van der Waals surface area contributed by atoms with Gasteiger partial charge in [-0.25, -0.2) is 4.98 Å². The van der Waals surface area contributed by atoms with E-state index in [0.717, 1.165) is 8.66 Å². The number of hydrogen-bond acceptors (Lipinski definition) is 4. The van der Waals surface area contributed by atoms with Gasteiger partial charge in [0.25, 0.3) is 0 Å². The van der Waals surface area contributed by atoms with E-state index in [4.69, 9.17) is 21.8 Å². The fourth-order valence-corrected chi connectivity index (χ4v) is 2.97. The number of oxazole rings is 1. The molecule has 6 heteroatoms. The van der Waals surface area contributed by atoms with Crippen LogP contribution in [0.2, 0.25) is 5.02 Å². The van der Waals surface area contributed by atoms with Gasteiger partial charge in [0, 0.05) is 6.07 Å². The molecule has 0 aliphatic carbocycles. The van der Waals surface area contributed by atoms with Crippen molar-refractivity contribution in [1.29, 1.82) is 0 Å². The van der Waals surface area contributed by atoms with E-state index in [9.17, 15) is 0 Å². The van der Waals surface area contributed by atoms with E-state index in [0.29, 0.717) is 27.7 Å². The van der Waals surface area contributed by atoms with Gasteiger partial charge < -0.3 is 10.2 Å². The summed E-state index contributed by atoms with van der Waals surface area (Å²) in [6, 6.07) is 7.30. The lowest BCUT2D eigenvalue weighted by atomic mass is 10.3. The van der Waals surface area contributed by atoms with Crippen LogP contribution >= 0.6 is 38.9 Å². The van der Waals surface area contributed by atoms with Crippen LogP contribution < -0.4 is 5.73 Å². The summed E-state index contributed by atoms with van der Waals surface area (Å²) in [6.07, 6.45) is 0. The molecule has 1 aromatic carbocycles. The van der Waals surface area contributed by atoms with Crippen LogP contribution in [0.5, 0.6) is 0 Å². The van der Waals surface area contributed by atoms with E-state index in [1.807, 2.05) is 12.1 Å². The number of hydrogen-bond donors (Lipinski definition) is 1. The summed E-state index contributed by atoms with van der Waals surface area (Å²) in [7, 11) is 0. The molecule has 0 spiro atoms. The quantitative estimate of drug-likeness (QED) is 0.666. The second kappa shape index (κ2) is 4.01. The Hall–Kier alpha value is -1.04. The van der Waals surface area contributed by atoms with E-state index in [-0.39, 0.29) is 0 Å². The molecule has 0 bridgehead atoms. The van der Waals surface area contributed by atoms with Crippen molar-refractivity contribution < 1.29 is 4.42 Å². The van der Waals surface area contributed by atoms with E-state index in [2.05, 4.69) is 20.9 Å². The SMILES string of the molecule is Nc1cc2oc(-c3ccc(Br)s3)nc2cc1Cl. The molecule has 17 heavy (non-hydrogen) atoms. The fraction of sp³-hybridized carbons (Fsp3) is 0. The zero-order valence-electron chi connectivity index (χ0n) is 8.41. The van der Waals surface area contributed by atoms with Crippen LogP contribution in [-0.2, 0) is 0 Å². The van der Waals surface area contributed by atoms with Gasteiger partial charge in [-0.3, -0.25) is 0 Å². The summed E-state index contributed by atoms with van der Waals surface area (Å²) in [4.78, 5) is 5.34. The van der Waals surface area contributed by atoms with Crippen LogP contribution in [0.15, 0.2) is 32.5 Å². The number of nitrogen functional groups attached to an aromatic ring is 1. The number of anilines is 1. The molecule has 2 N–H and O–H groups in total. The minimum absolute atomic E-state index is 0.490. The highest BCUT2D eigenvalue weighted by molar-refractivity contribution is 9.11. The van der Waals surface area contributed by atoms with Crippen molar-refractivity contribution >= 4 is 55.7 Å². The first-order valence-electron chi connectivity index (χ1n) is 4.75. The van der Waals surface area contributed by atoms with Crippen LogP contribution in [0.4, 0.5) is 5.69 Å². The van der Waals surface area contributed by atoms with Crippen molar-refractivity contribution in [2.45, 2.75) is 0 Å². The second-order valence-electron chi connectivity index (χ2n) is 3.46. The number of rotatable bonds is 1.